The number of carbonyl (C=O) groups is 1. The average molecular weight is 354 g/mol. The second kappa shape index (κ2) is 5.65. The van der Waals surface area contributed by atoms with Crippen molar-refractivity contribution in [1.29, 1.82) is 0 Å². The van der Waals surface area contributed by atoms with Gasteiger partial charge in [0.15, 0.2) is 5.69 Å². The van der Waals surface area contributed by atoms with E-state index in [0.717, 1.165) is 36.2 Å². The number of nitro benzene ring substituents is 1. The van der Waals surface area contributed by atoms with Crippen LogP contribution in [0, 0.1) is 10.1 Å². The average Bonchev–Trinajstić information content (AvgIpc) is 3.25. The number of hydrogen-bond acceptors (Lipinski definition) is 4. The molecular formula is C19H22N4O3. The molecule has 2 atom stereocenters. The summed E-state index contributed by atoms with van der Waals surface area (Å²) in [5.74, 6) is 0.651. The van der Waals surface area contributed by atoms with E-state index in [1.54, 1.807) is 12.1 Å². The lowest BCUT2D eigenvalue weighted by molar-refractivity contribution is -0.384. The maximum Gasteiger partial charge on any atom is 0.272 e. The predicted molar refractivity (Wildman–Crippen MR) is 96.8 cm³/mol. The highest BCUT2D eigenvalue weighted by Crippen LogP contribution is 2.54. The number of aromatic nitrogens is 2. The van der Waals surface area contributed by atoms with Crippen LogP contribution in [0.4, 0.5) is 5.69 Å². The summed E-state index contributed by atoms with van der Waals surface area (Å²) in [6.07, 6.45) is 3.27. The van der Waals surface area contributed by atoms with E-state index in [2.05, 4.69) is 10.4 Å². The zero-order chi connectivity index (χ0) is 18.6. The SMILES string of the molecule is CC(C)(C)NC(=O)c1nn(-c2ccc([N+](=O)[O-])cc2)c2c1C1CCC2C1. The molecule has 1 heterocycles. The van der Waals surface area contributed by atoms with Crippen LogP contribution in [0.25, 0.3) is 5.69 Å². The molecule has 2 aromatic rings. The first-order valence-electron chi connectivity index (χ1n) is 8.95. The summed E-state index contributed by atoms with van der Waals surface area (Å²) in [5, 5.41) is 18.5. The van der Waals surface area contributed by atoms with Crippen molar-refractivity contribution in [2.24, 2.45) is 0 Å². The van der Waals surface area contributed by atoms with Crippen molar-refractivity contribution in [1.82, 2.24) is 15.1 Å². The van der Waals surface area contributed by atoms with Gasteiger partial charge in [0.05, 0.1) is 16.3 Å². The lowest BCUT2D eigenvalue weighted by Gasteiger charge is -2.20. The summed E-state index contributed by atoms with van der Waals surface area (Å²) in [6.45, 7) is 5.85. The number of carbonyl (C=O) groups excluding carboxylic acids is 1. The zero-order valence-electron chi connectivity index (χ0n) is 15.2. The lowest BCUT2D eigenvalue weighted by Crippen LogP contribution is -2.41. The highest BCUT2D eigenvalue weighted by Gasteiger charge is 2.44. The monoisotopic (exact) mass is 354 g/mol. The molecule has 1 amide bonds. The van der Waals surface area contributed by atoms with Gasteiger partial charge in [-0.15, -0.1) is 0 Å². The minimum absolute atomic E-state index is 0.0461. The Morgan fingerprint density at radius 2 is 1.88 bits per heavy atom. The molecule has 2 aliphatic carbocycles. The minimum atomic E-state index is -0.415. The summed E-state index contributed by atoms with van der Waals surface area (Å²) in [4.78, 5) is 23.3. The van der Waals surface area contributed by atoms with Crippen LogP contribution in [0.15, 0.2) is 24.3 Å². The predicted octanol–water partition coefficient (Wildman–Crippen LogP) is 3.67. The Kier molecular flexibility index (Phi) is 3.64. The number of hydrogen-bond donors (Lipinski definition) is 1. The van der Waals surface area contributed by atoms with Gasteiger partial charge in [-0.1, -0.05) is 0 Å². The van der Waals surface area contributed by atoms with Gasteiger partial charge in [0.25, 0.3) is 11.6 Å². The quantitative estimate of drug-likeness (QED) is 0.672. The normalized spacial score (nSPS) is 20.9. The summed E-state index contributed by atoms with van der Waals surface area (Å²) in [6, 6.07) is 6.35. The van der Waals surface area contributed by atoms with Crippen molar-refractivity contribution in [3.8, 4) is 5.69 Å². The van der Waals surface area contributed by atoms with Crippen molar-refractivity contribution in [3.05, 3.63) is 51.3 Å². The molecule has 2 unspecified atom stereocenters. The van der Waals surface area contributed by atoms with Crippen LogP contribution in [-0.2, 0) is 0 Å². The van der Waals surface area contributed by atoms with Gasteiger partial charge >= 0.3 is 0 Å². The molecule has 26 heavy (non-hydrogen) atoms. The minimum Gasteiger partial charge on any atom is -0.346 e. The lowest BCUT2D eigenvalue weighted by atomic mass is 9.95. The van der Waals surface area contributed by atoms with Crippen LogP contribution >= 0.6 is 0 Å². The number of amides is 1. The van der Waals surface area contributed by atoms with Crippen LogP contribution in [0.2, 0.25) is 0 Å². The maximum absolute atomic E-state index is 12.8. The van der Waals surface area contributed by atoms with Crippen molar-refractivity contribution in [2.75, 3.05) is 0 Å². The van der Waals surface area contributed by atoms with E-state index in [1.807, 2.05) is 25.5 Å². The molecule has 2 aliphatic rings. The van der Waals surface area contributed by atoms with E-state index >= 15 is 0 Å². The Morgan fingerprint density at radius 3 is 2.50 bits per heavy atom. The fraction of sp³-hybridized carbons (Fsp3) is 0.474. The summed E-state index contributed by atoms with van der Waals surface area (Å²) in [5.41, 5.74) is 3.15. The smallest absolute Gasteiger partial charge is 0.272 e. The van der Waals surface area contributed by atoms with Crippen LogP contribution < -0.4 is 5.32 Å². The van der Waals surface area contributed by atoms with Gasteiger partial charge in [-0.25, -0.2) is 4.68 Å². The fourth-order valence-corrected chi connectivity index (χ4v) is 4.21. The number of nitrogens with zero attached hydrogens (tertiary/aromatic N) is 3. The molecule has 2 bridgehead atoms. The van der Waals surface area contributed by atoms with Gasteiger partial charge < -0.3 is 5.32 Å². The first kappa shape index (κ1) is 16.8. The van der Waals surface area contributed by atoms with Crippen LogP contribution in [0.5, 0.6) is 0 Å². The van der Waals surface area contributed by atoms with Gasteiger partial charge in [0.1, 0.15) is 0 Å². The number of fused-ring (bicyclic) bond motifs is 5. The molecule has 0 aliphatic heterocycles. The number of rotatable bonds is 3. The molecule has 1 N–H and O–H groups in total. The largest absolute Gasteiger partial charge is 0.346 e. The topological polar surface area (TPSA) is 90.1 Å². The van der Waals surface area contributed by atoms with Crippen molar-refractivity contribution >= 4 is 11.6 Å². The van der Waals surface area contributed by atoms with Crippen molar-refractivity contribution in [2.45, 2.75) is 57.4 Å². The molecule has 1 saturated carbocycles. The molecule has 1 aromatic heterocycles. The molecule has 1 aromatic carbocycles. The van der Waals surface area contributed by atoms with E-state index < -0.39 is 4.92 Å². The fourth-order valence-electron chi connectivity index (χ4n) is 4.21. The van der Waals surface area contributed by atoms with E-state index in [1.165, 1.54) is 12.1 Å². The van der Waals surface area contributed by atoms with E-state index in [0.29, 0.717) is 17.5 Å². The number of benzene rings is 1. The zero-order valence-corrected chi connectivity index (χ0v) is 15.2. The number of nitro groups is 1. The first-order chi connectivity index (χ1) is 12.2. The molecule has 4 rings (SSSR count). The van der Waals surface area contributed by atoms with Gasteiger partial charge in [-0.05, 0) is 58.1 Å². The van der Waals surface area contributed by atoms with Crippen LogP contribution in [0.1, 0.15) is 73.6 Å². The Bertz CT molecular complexity index is 893. The number of nitrogens with one attached hydrogen (secondary N) is 1. The van der Waals surface area contributed by atoms with Gasteiger partial charge in [-0.3, -0.25) is 14.9 Å². The van der Waals surface area contributed by atoms with Crippen LogP contribution in [-0.4, -0.2) is 26.1 Å². The Morgan fingerprint density at radius 1 is 1.23 bits per heavy atom. The Hall–Kier alpha value is -2.70. The standard InChI is InChI=1S/C19H22N4O3/c1-19(2,3)20-18(24)16-15-11-4-5-12(10-11)17(15)22(21-16)13-6-8-14(9-7-13)23(25)26/h6-9,11-12H,4-5,10H2,1-3H3,(H,20,24). The molecule has 136 valence electrons. The molecule has 7 heteroatoms. The van der Waals surface area contributed by atoms with E-state index in [9.17, 15) is 14.9 Å². The molecule has 0 spiro atoms. The van der Waals surface area contributed by atoms with E-state index in [4.69, 9.17) is 0 Å². The Balaban J connectivity index is 1.79. The highest BCUT2D eigenvalue weighted by atomic mass is 16.6. The second-order valence-corrected chi connectivity index (χ2v) is 8.24. The summed E-state index contributed by atoms with van der Waals surface area (Å²) < 4.78 is 1.82. The van der Waals surface area contributed by atoms with Gasteiger partial charge in [0.2, 0.25) is 0 Å². The van der Waals surface area contributed by atoms with Gasteiger partial charge in [-0.2, -0.15) is 5.10 Å². The van der Waals surface area contributed by atoms with Gasteiger partial charge in [0, 0.05) is 29.2 Å². The maximum atomic E-state index is 12.8. The molecule has 1 fully saturated rings. The molecule has 0 saturated heterocycles. The summed E-state index contributed by atoms with van der Waals surface area (Å²) >= 11 is 0. The first-order valence-corrected chi connectivity index (χ1v) is 8.95. The van der Waals surface area contributed by atoms with Crippen molar-refractivity contribution in [3.63, 3.8) is 0 Å². The third-order valence-electron chi connectivity index (χ3n) is 5.20. The van der Waals surface area contributed by atoms with Crippen molar-refractivity contribution < 1.29 is 9.72 Å². The second-order valence-electron chi connectivity index (χ2n) is 8.24. The summed E-state index contributed by atoms with van der Waals surface area (Å²) in [7, 11) is 0. The Labute approximate surface area is 151 Å². The third-order valence-corrected chi connectivity index (χ3v) is 5.20. The molecule has 0 radical (unpaired) electrons. The molecule has 7 nitrogen and oxygen atoms in total. The molecular weight excluding hydrogens is 332 g/mol. The third kappa shape index (κ3) is 2.67. The van der Waals surface area contributed by atoms with E-state index in [-0.39, 0.29) is 17.1 Å². The highest BCUT2D eigenvalue weighted by molar-refractivity contribution is 5.95. The number of non-ortho nitro benzene ring substituents is 1. The van der Waals surface area contributed by atoms with Crippen LogP contribution in [0.3, 0.4) is 0 Å².